The summed E-state index contributed by atoms with van der Waals surface area (Å²) in [6, 6.07) is 0.839. The van der Waals surface area contributed by atoms with Gasteiger partial charge in [-0.15, -0.1) is 0 Å². The van der Waals surface area contributed by atoms with Crippen LogP contribution in [0.15, 0.2) is 0 Å². The van der Waals surface area contributed by atoms with Crippen LogP contribution >= 0.6 is 0 Å². The minimum Gasteiger partial charge on any atom is -0.353 e. The number of piperidine rings is 1. The van der Waals surface area contributed by atoms with Crippen molar-refractivity contribution >= 4 is 5.91 Å². The van der Waals surface area contributed by atoms with Gasteiger partial charge in [0.1, 0.15) is 0 Å². The Bertz CT molecular complexity index is 275. The van der Waals surface area contributed by atoms with E-state index in [1.807, 2.05) is 7.05 Å². The Morgan fingerprint density at radius 3 is 2.65 bits per heavy atom. The molecule has 4 nitrogen and oxygen atoms in total. The maximum absolute atomic E-state index is 12.0. The molecular weight excluding hydrogens is 250 g/mol. The summed E-state index contributed by atoms with van der Waals surface area (Å²) in [6.07, 6.45) is 6.06. The summed E-state index contributed by atoms with van der Waals surface area (Å²) in [4.78, 5) is 14.1. The van der Waals surface area contributed by atoms with Crippen LogP contribution in [0, 0.1) is 5.92 Å². The van der Waals surface area contributed by atoms with Crippen molar-refractivity contribution < 1.29 is 4.79 Å². The molecule has 118 valence electrons. The normalized spacial score (nSPS) is 21.2. The third kappa shape index (κ3) is 7.85. The smallest absolute Gasteiger partial charge is 0.234 e. The first-order valence-electron chi connectivity index (χ1n) is 8.18. The Morgan fingerprint density at radius 1 is 1.30 bits per heavy atom. The van der Waals surface area contributed by atoms with E-state index in [0.717, 1.165) is 19.5 Å². The molecule has 0 aromatic carbocycles. The predicted octanol–water partition coefficient (Wildman–Crippen LogP) is 2.00. The molecule has 1 aliphatic rings. The highest BCUT2D eigenvalue weighted by Crippen LogP contribution is 2.08. The van der Waals surface area contributed by atoms with Crippen LogP contribution in [0.1, 0.15) is 52.9 Å². The zero-order chi connectivity index (χ0) is 15.0. The van der Waals surface area contributed by atoms with Gasteiger partial charge in [-0.2, -0.15) is 0 Å². The Kier molecular flexibility index (Phi) is 8.15. The van der Waals surface area contributed by atoms with E-state index >= 15 is 0 Å². The summed E-state index contributed by atoms with van der Waals surface area (Å²) < 4.78 is 0. The molecule has 1 amide bonds. The summed E-state index contributed by atoms with van der Waals surface area (Å²) >= 11 is 0. The molecule has 1 aliphatic heterocycles. The number of hydrogen-bond donors (Lipinski definition) is 2. The fourth-order valence-corrected chi connectivity index (χ4v) is 2.74. The molecule has 20 heavy (non-hydrogen) atoms. The fraction of sp³-hybridized carbons (Fsp3) is 0.938. The second kappa shape index (κ2) is 9.35. The molecule has 0 bridgehead atoms. The van der Waals surface area contributed by atoms with E-state index in [2.05, 4.69) is 36.3 Å². The highest BCUT2D eigenvalue weighted by atomic mass is 16.2. The van der Waals surface area contributed by atoms with Gasteiger partial charge in [-0.3, -0.25) is 9.69 Å². The largest absolute Gasteiger partial charge is 0.353 e. The molecule has 4 heteroatoms. The fourth-order valence-electron chi connectivity index (χ4n) is 2.74. The lowest BCUT2D eigenvalue weighted by Crippen LogP contribution is -2.46. The van der Waals surface area contributed by atoms with E-state index in [-0.39, 0.29) is 11.9 Å². The Labute approximate surface area is 124 Å². The van der Waals surface area contributed by atoms with E-state index in [4.69, 9.17) is 0 Å². The standard InChI is InChI=1S/C16H33N3O/c1-13(2)8-9-14(3)18-16(20)12-19(4)11-15-7-5-6-10-17-15/h13-15,17H,5-12H2,1-4H3,(H,18,20). The number of hydrogen-bond acceptors (Lipinski definition) is 3. The number of nitrogens with one attached hydrogen (secondary N) is 2. The first kappa shape index (κ1) is 17.4. The highest BCUT2D eigenvalue weighted by molar-refractivity contribution is 5.78. The lowest BCUT2D eigenvalue weighted by atomic mass is 10.0. The van der Waals surface area contributed by atoms with Crippen molar-refractivity contribution in [2.45, 2.75) is 65.0 Å². The van der Waals surface area contributed by atoms with Gasteiger partial charge in [0, 0.05) is 18.6 Å². The number of nitrogens with zero attached hydrogens (tertiary/aromatic N) is 1. The molecule has 0 spiro atoms. The van der Waals surface area contributed by atoms with Crippen molar-refractivity contribution in [2.24, 2.45) is 5.92 Å². The van der Waals surface area contributed by atoms with Gasteiger partial charge in [-0.05, 0) is 52.1 Å². The molecule has 0 aromatic heterocycles. The molecule has 0 aromatic rings. The zero-order valence-corrected chi connectivity index (χ0v) is 13.7. The third-order valence-corrected chi connectivity index (χ3v) is 3.94. The first-order chi connectivity index (χ1) is 9.47. The molecule has 1 heterocycles. The van der Waals surface area contributed by atoms with Gasteiger partial charge in [0.25, 0.3) is 0 Å². The van der Waals surface area contributed by atoms with Gasteiger partial charge >= 0.3 is 0 Å². The minimum absolute atomic E-state index is 0.152. The zero-order valence-electron chi connectivity index (χ0n) is 13.7. The van der Waals surface area contributed by atoms with Crippen LogP contribution in [0.5, 0.6) is 0 Å². The lowest BCUT2D eigenvalue weighted by Gasteiger charge is -2.28. The summed E-state index contributed by atoms with van der Waals surface area (Å²) in [5.74, 6) is 0.856. The molecule has 1 rings (SSSR count). The number of rotatable bonds is 8. The average Bonchev–Trinajstić information content (AvgIpc) is 2.37. The van der Waals surface area contributed by atoms with Crippen LogP contribution in [0.4, 0.5) is 0 Å². The van der Waals surface area contributed by atoms with Gasteiger partial charge < -0.3 is 10.6 Å². The van der Waals surface area contributed by atoms with Crippen LogP contribution in [0.2, 0.25) is 0 Å². The summed E-state index contributed by atoms with van der Waals surface area (Å²) in [5.41, 5.74) is 0. The average molecular weight is 283 g/mol. The molecule has 1 saturated heterocycles. The molecule has 2 unspecified atom stereocenters. The number of amides is 1. The van der Waals surface area contributed by atoms with Crippen molar-refractivity contribution in [1.29, 1.82) is 0 Å². The van der Waals surface area contributed by atoms with Crippen LogP contribution in [-0.2, 0) is 4.79 Å². The maximum Gasteiger partial charge on any atom is 0.234 e. The Hall–Kier alpha value is -0.610. The van der Waals surface area contributed by atoms with Crippen molar-refractivity contribution in [3.05, 3.63) is 0 Å². The minimum atomic E-state index is 0.152. The molecule has 1 fully saturated rings. The quantitative estimate of drug-likeness (QED) is 0.716. The second-order valence-electron chi connectivity index (χ2n) is 6.78. The lowest BCUT2D eigenvalue weighted by molar-refractivity contribution is -0.122. The molecule has 0 aliphatic carbocycles. The number of carbonyl (C=O) groups is 1. The van der Waals surface area contributed by atoms with E-state index in [1.165, 1.54) is 25.7 Å². The Balaban J connectivity index is 2.16. The molecular formula is C16H33N3O. The summed E-state index contributed by atoms with van der Waals surface area (Å²) in [5, 5.41) is 6.63. The van der Waals surface area contributed by atoms with E-state index in [0.29, 0.717) is 18.5 Å². The topological polar surface area (TPSA) is 44.4 Å². The SMILES string of the molecule is CC(C)CCC(C)NC(=O)CN(C)CC1CCCCN1. The molecule has 2 atom stereocenters. The van der Waals surface area contributed by atoms with Crippen LogP contribution in [-0.4, -0.2) is 49.6 Å². The van der Waals surface area contributed by atoms with Gasteiger partial charge in [0.05, 0.1) is 6.54 Å². The van der Waals surface area contributed by atoms with Gasteiger partial charge in [-0.1, -0.05) is 20.3 Å². The maximum atomic E-state index is 12.0. The molecule has 2 N–H and O–H groups in total. The van der Waals surface area contributed by atoms with E-state index < -0.39 is 0 Å². The molecule has 0 radical (unpaired) electrons. The third-order valence-electron chi connectivity index (χ3n) is 3.94. The predicted molar refractivity (Wildman–Crippen MR) is 84.8 cm³/mol. The van der Waals surface area contributed by atoms with Crippen LogP contribution in [0.25, 0.3) is 0 Å². The van der Waals surface area contributed by atoms with E-state index in [9.17, 15) is 4.79 Å². The first-order valence-corrected chi connectivity index (χ1v) is 8.18. The van der Waals surface area contributed by atoms with E-state index in [1.54, 1.807) is 0 Å². The van der Waals surface area contributed by atoms with Crippen molar-refractivity contribution in [3.8, 4) is 0 Å². The summed E-state index contributed by atoms with van der Waals surface area (Å²) in [6.45, 7) is 9.14. The van der Waals surface area contributed by atoms with Crippen LogP contribution < -0.4 is 10.6 Å². The number of likely N-dealkylation sites (N-methyl/N-ethyl adjacent to an activating group) is 1. The highest BCUT2D eigenvalue weighted by Gasteiger charge is 2.16. The Morgan fingerprint density at radius 2 is 2.05 bits per heavy atom. The van der Waals surface area contributed by atoms with Crippen LogP contribution in [0.3, 0.4) is 0 Å². The van der Waals surface area contributed by atoms with Gasteiger partial charge in [0.2, 0.25) is 5.91 Å². The van der Waals surface area contributed by atoms with Crippen molar-refractivity contribution in [3.63, 3.8) is 0 Å². The van der Waals surface area contributed by atoms with Gasteiger partial charge in [0.15, 0.2) is 0 Å². The molecule has 0 saturated carbocycles. The monoisotopic (exact) mass is 283 g/mol. The second-order valence-corrected chi connectivity index (χ2v) is 6.78. The van der Waals surface area contributed by atoms with Gasteiger partial charge in [-0.25, -0.2) is 0 Å². The van der Waals surface area contributed by atoms with Crippen molar-refractivity contribution in [1.82, 2.24) is 15.5 Å². The summed E-state index contributed by atoms with van der Waals surface area (Å²) in [7, 11) is 2.04. The number of carbonyl (C=O) groups excluding carboxylic acids is 1. The van der Waals surface area contributed by atoms with Crippen molar-refractivity contribution in [2.75, 3.05) is 26.7 Å².